The Labute approximate surface area is 131 Å². The van der Waals surface area contributed by atoms with Crippen LogP contribution < -0.4 is 19.7 Å². The molecule has 1 aliphatic heterocycles. The highest BCUT2D eigenvalue weighted by molar-refractivity contribution is 5.62. The molecule has 3 rings (SSSR count). The molecule has 4 nitrogen and oxygen atoms in total. The van der Waals surface area contributed by atoms with Gasteiger partial charge in [0.15, 0.2) is 0 Å². The van der Waals surface area contributed by atoms with Gasteiger partial charge in [0.2, 0.25) is 0 Å². The summed E-state index contributed by atoms with van der Waals surface area (Å²) in [6, 6.07) is 16.2. The lowest BCUT2D eigenvalue weighted by atomic mass is 10.2. The Bertz CT molecular complexity index is 595. The topological polar surface area (TPSA) is 33.7 Å². The Hall–Kier alpha value is -2.20. The van der Waals surface area contributed by atoms with E-state index in [1.807, 2.05) is 30.3 Å². The molecular formula is C18H22N2O2. The van der Waals surface area contributed by atoms with Crippen molar-refractivity contribution >= 4 is 5.69 Å². The zero-order chi connectivity index (χ0) is 15.2. The molecule has 116 valence electrons. The molecule has 1 fully saturated rings. The average molecular weight is 298 g/mol. The van der Waals surface area contributed by atoms with Crippen LogP contribution in [-0.2, 0) is 6.61 Å². The maximum atomic E-state index is 6.06. The summed E-state index contributed by atoms with van der Waals surface area (Å²) in [6.45, 7) is 4.53. The molecule has 0 bridgehead atoms. The molecular weight excluding hydrogens is 276 g/mol. The van der Waals surface area contributed by atoms with Crippen molar-refractivity contribution in [1.82, 2.24) is 5.32 Å². The summed E-state index contributed by atoms with van der Waals surface area (Å²) in [4.78, 5) is 2.35. The number of benzene rings is 2. The lowest BCUT2D eigenvalue weighted by Gasteiger charge is -2.31. The van der Waals surface area contributed by atoms with Crippen molar-refractivity contribution < 1.29 is 9.47 Å². The number of nitrogens with one attached hydrogen (secondary N) is 1. The van der Waals surface area contributed by atoms with E-state index in [2.05, 4.69) is 28.4 Å². The van der Waals surface area contributed by atoms with E-state index in [0.29, 0.717) is 6.61 Å². The van der Waals surface area contributed by atoms with Gasteiger partial charge in [-0.3, -0.25) is 0 Å². The van der Waals surface area contributed by atoms with Crippen LogP contribution in [0.2, 0.25) is 0 Å². The fraction of sp³-hybridized carbons (Fsp3) is 0.333. The van der Waals surface area contributed by atoms with Crippen molar-refractivity contribution in [2.45, 2.75) is 6.61 Å². The van der Waals surface area contributed by atoms with Gasteiger partial charge in [-0.05, 0) is 17.7 Å². The smallest absolute Gasteiger partial charge is 0.143 e. The monoisotopic (exact) mass is 298 g/mol. The summed E-state index contributed by atoms with van der Waals surface area (Å²) in [5.74, 6) is 1.77. The van der Waals surface area contributed by atoms with E-state index in [1.165, 1.54) is 5.56 Å². The van der Waals surface area contributed by atoms with Crippen LogP contribution in [0.3, 0.4) is 0 Å². The SMILES string of the molecule is COc1ccc(OCc2ccccc2)c(N2CCNCC2)c1. The van der Waals surface area contributed by atoms with Gasteiger partial charge < -0.3 is 19.7 Å². The van der Waals surface area contributed by atoms with E-state index in [4.69, 9.17) is 9.47 Å². The highest BCUT2D eigenvalue weighted by atomic mass is 16.5. The van der Waals surface area contributed by atoms with Crippen molar-refractivity contribution in [1.29, 1.82) is 0 Å². The summed E-state index contributed by atoms with van der Waals surface area (Å²) in [5.41, 5.74) is 2.28. The average Bonchev–Trinajstić information content (AvgIpc) is 2.61. The lowest BCUT2D eigenvalue weighted by Crippen LogP contribution is -2.43. The first-order valence-electron chi connectivity index (χ1n) is 7.67. The van der Waals surface area contributed by atoms with Gasteiger partial charge in [-0.25, -0.2) is 0 Å². The summed E-state index contributed by atoms with van der Waals surface area (Å²) in [6.07, 6.45) is 0. The number of anilines is 1. The molecule has 0 radical (unpaired) electrons. The zero-order valence-electron chi connectivity index (χ0n) is 12.9. The highest BCUT2D eigenvalue weighted by Gasteiger charge is 2.16. The third-order valence-electron chi connectivity index (χ3n) is 3.86. The van der Waals surface area contributed by atoms with Crippen LogP contribution in [-0.4, -0.2) is 33.3 Å². The second-order valence-corrected chi connectivity index (χ2v) is 5.34. The van der Waals surface area contributed by atoms with Gasteiger partial charge in [0, 0.05) is 32.2 Å². The van der Waals surface area contributed by atoms with Crippen molar-refractivity contribution in [3.8, 4) is 11.5 Å². The second-order valence-electron chi connectivity index (χ2n) is 5.34. The summed E-state index contributed by atoms with van der Waals surface area (Å²) < 4.78 is 11.4. The van der Waals surface area contributed by atoms with Crippen LogP contribution in [0.1, 0.15) is 5.56 Å². The molecule has 2 aromatic rings. The van der Waals surface area contributed by atoms with Crippen molar-refractivity contribution in [3.63, 3.8) is 0 Å². The summed E-state index contributed by atoms with van der Waals surface area (Å²) in [5, 5.41) is 3.38. The molecule has 1 saturated heterocycles. The van der Waals surface area contributed by atoms with Crippen molar-refractivity contribution in [3.05, 3.63) is 54.1 Å². The zero-order valence-corrected chi connectivity index (χ0v) is 12.9. The molecule has 1 aliphatic rings. The molecule has 0 aromatic heterocycles. The normalized spacial score (nSPS) is 14.7. The van der Waals surface area contributed by atoms with Crippen LogP contribution in [0.4, 0.5) is 5.69 Å². The molecule has 0 atom stereocenters. The molecule has 2 aromatic carbocycles. The predicted molar refractivity (Wildman–Crippen MR) is 88.9 cm³/mol. The van der Waals surface area contributed by atoms with E-state index in [-0.39, 0.29) is 0 Å². The van der Waals surface area contributed by atoms with Gasteiger partial charge >= 0.3 is 0 Å². The Morgan fingerprint density at radius 3 is 2.55 bits per heavy atom. The van der Waals surface area contributed by atoms with E-state index in [9.17, 15) is 0 Å². The predicted octanol–water partition coefficient (Wildman–Crippen LogP) is 2.68. The third kappa shape index (κ3) is 3.52. The minimum Gasteiger partial charge on any atom is -0.497 e. The number of hydrogen-bond donors (Lipinski definition) is 1. The van der Waals surface area contributed by atoms with E-state index < -0.39 is 0 Å². The van der Waals surface area contributed by atoms with Crippen LogP contribution in [0.25, 0.3) is 0 Å². The fourth-order valence-electron chi connectivity index (χ4n) is 2.63. The Morgan fingerprint density at radius 2 is 1.82 bits per heavy atom. The van der Waals surface area contributed by atoms with Crippen LogP contribution in [0.5, 0.6) is 11.5 Å². The van der Waals surface area contributed by atoms with Gasteiger partial charge in [0.25, 0.3) is 0 Å². The molecule has 0 amide bonds. The number of ether oxygens (including phenoxy) is 2. The Balaban J connectivity index is 1.79. The minimum absolute atomic E-state index is 0.576. The Kier molecular flexibility index (Phi) is 4.81. The van der Waals surface area contributed by atoms with E-state index in [1.54, 1.807) is 7.11 Å². The molecule has 1 heterocycles. The summed E-state index contributed by atoms with van der Waals surface area (Å²) >= 11 is 0. The highest BCUT2D eigenvalue weighted by Crippen LogP contribution is 2.33. The van der Waals surface area contributed by atoms with Gasteiger partial charge in [0.1, 0.15) is 18.1 Å². The van der Waals surface area contributed by atoms with Gasteiger partial charge in [-0.1, -0.05) is 30.3 Å². The Morgan fingerprint density at radius 1 is 1.05 bits per heavy atom. The maximum Gasteiger partial charge on any atom is 0.143 e. The van der Waals surface area contributed by atoms with Gasteiger partial charge in [-0.2, -0.15) is 0 Å². The number of nitrogens with zero attached hydrogens (tertiary/aromatic N) is 1. The largest absolute Gasteiger partial charge is 0.497 e. The molecule has 0 aliphatic carbocycles. The molecule has 1 N–H and O–H groups in total. The molecule has 22 heavy (non-hydrogen) atoms. The van der Waals surface area contributed by atoms with E-state index >= 15 is 0 Å². The third-order valence-corrected chi connectivity index (χ3v) is 3.86. The number of piperazine rings is 1. The second kappa shape index (κ2) is 7.18. The lowest BCUT2D eigenvalue weighted by molar-refractivity contribution is 0.305. The quantitative estimate of drug-likeness (QED) is 0.920. The molecule has 4 heteroatoms. The van der Waals surface area contributed by atoms with Crippen LogP contribution >= 0.6 is 0 Å². The number of methoxy groups -OCH3 is 1. The first-order chi connectivity index (χ1) is 10.9. The van der Waals surface area contributed by atoms with Gasteiger partial charge in [-0.15, -0.1) is 0 Å². The maximum absolute atomic E-state index is 6.06. The molecule has 0 spiro atoms. The first kappa shape index (κ1) is 14.7. The van der Waals surface area contributed by atoms with E-state index in [0.717, 1.165) is 43.4 Å². The summed E-state index contributed by atoms with van der Waals surface area (Å²) in [7, 11) is 1.70. The number of hydrogen-bond acceptors (Lipinski definition) is 4. The standard InChI is InChI=1S/C18H22N2O2/c1-21-16-7-8-18(22-14-15-5-3-2-4-6-15)17(13-16)20-11-9-19-10-12-20/h2-8,13,19H,9-12,14H2,1H3. The van der Waals surface area contributed by atoms with Crippen molar-refractivity contribution in [2.24, 2.45) is 0 Å². The van der Waals surface area contributed by atoms with Crippen molar-refractivity contribution in [2.75, 3.05) is 38.2 Å². The van der Waals surface area contributed by atoms with Gasteiger partial charge in [0.05, 0.1) is 12.8 Å². The van der Waals surface area contributed by atoms with Crippen LogP contribution in [0, 0.1) is 0 Å². The molecule has 0 saturated carbocycles. The number of rotatable bonds is 5. The first-order valence-corrected chi connectivity index (χ1v) is 7.67. The van der Waals surface area contributed by atoms with Crippen LogP contribution in [0.15, 0.2) is 48.5 Å². The molecule has 0 unspecified atom stereocenters. The fourth-order valence-corrected chi connectivity index (χ4v) is 2.63. The minimum atomic E-state index is 0.576.